The summed E-state index contributed by atoms with van der Waals surface area (Å²) >= 11 is 0. The van der Waals surface area contributed by atoms with E-state index in [4.69, 9.17) is 5.11 Å². The molecule has 0 aromatic carbocycles. The lowest BCUT2D eigenvalue weighted by atomic mass is 10.3. The highest BCUT2D eigenvalue weighted by molar-refractivity contribution is 5.87. The van der Waals surface area contributed by atoms with E-state index in [0.717, 1.165) is 0 Å². The van der Waals surface area contributed by atoms with Crippen LogP contribution in [0.25, 0.3) is 0 Å². The Morgan fingerprint density at radius 2 is 1.76 bits per heavy atom. The van der Waals surface area contributed by atoms with E-state index >= 15 is 0 Å². The van der Waals surface area contributed by atoms with Crippen LogP contribution < -0.4 is 0 Å². The minimum Gasteiger partial charge on any atom is -0.466 e. The first-order valence-electron chi connectivity index (χ1n) is 5.41. The highest BCUT2D eigenvalue weighted by Crippen LogP contribution is 1.94. The SMILES string of the molecule is CCCC(=O)OC(=O)C(C)O.CCOC(C)=O. The Morgan fingerprint density at radius 1 is 1.24 bits per heavy atom. The molecule has 6 heteroatoms. The maximum Gasteiger partial charge on any atom is 0.342 e. The van der Waals surface area contributed by atoms with E-state index in [1.807, 2.05) is 0 Å². The molecule has 17 heavy (non-hydrogen) atoms. The van der Waals surface area contributed by atoms with E-state index in [9.17, 15) is 14.4 Å². The lowest BCUT2D eigenvalue weighted by molar-refractivity contribution is -0.165. The summed E-state index contributed by atoms with van der Waals surface area (Å²) in [5.74, 6) is -1.68. The monoisotopic (exact) mass is 248 g/mol. The largest absolute Gasteiger partial charge is 0.466 e. The summed E-state index contributed by atoms with van der Waals surface area (Å²) in [5, 5.41) is 8.61. The zero-order chi connectivity index (χ0) is 13.8. The quantitative estimate of drug-likeness (QED) is 0.584. The number of rotatable bonds is 4. The molecule has 0 saturated heterocycles. The van der Waals surface area contributed by atoms with Crippen molar-refractivity contribution in [3.8, 4) is 0 Å². The van der Waals surface area contributed by atoms with Crippen LogP contribution in [0.3, 0.4) is 0 Å². The average molecular weight is 248 g/mol. The predicted octanol–water partition coefficient (Wildman–Crippen LogP) is 0.806. The van der Waals surface area contributed by atoms with Crippen LogP contribution in [0.4, 0.5) is 0 Å². The number of esters is 3. The highest BCUT2D eigenvalue weighted by atomic mass is 16.6. The van der Waals surface area contributed by atoms with Gasteiger partial charge in [-0.15, -0.1) is 0 Å². The van der Waals surface area contributed by atoms with E-state index in [2.05, 4.69) is 9.47 Å². The van der Waals surface area contributed by atoms with Crippen LogP contribution in [0.1, 0.15) is 40.5 Å². The number of carbonyl (C=O) groups is 3. The Bertz CT molecular complexity index is 246. The van der Waals surface area contributed by atoms with Gasteiger partial charge in [-0.05, 0) is 20.3 Å². The fraction of sp³-hybridized carbons (Fsp3) is 0.727. The van der Waals surface area contributed by atoms with Gasteiger partial charge in [-0.1, -0.05) is 6.92 Å². The molecule has 0 amide bonds. The third-order valence-electron chi connectivity index (χ3n) is 1.36. The number of carbonyl (C=O) groups excluding carboxylic acids is 3. The molecule has 1 unspecified atom stereocenters. The van der Waals surface area contributed by atoms with Gasteiger partial charge in [0.15, 0.2) is 0 Å². The fourth-order valence-corrected chi connectivity index (χ4v) is 0.656. The molecule has 0 aliphatic carbocycles. The third kappa shape index (κ3) is 14.6. The molecule has 0 radical (unpaired) electrons. The fourth-order valence-electron chi connectivity index (χ4n) is 0.656. The summed E-state index contributed by atoms with van der Waals surface area (Å²) in [7, 11) is 0. The molecule has 0 rings (SSSR count). The van der Waals surface area contributed by atoms with Gasteiger partial charge in [-0.2, -0.15) is 0 Å². The Kier molecular flexibility index (Phi) is 11.7. The van der Waals surface area contributed by atoms with Crippen LogP contribution >= 0.6 is 0 Å². The number of aliphatic hydroxyl groups is 1. The zero-order valence-electron chi connectivity index (χ0n) is 10.7. The van der Waals surface area contributed by atoms with Crippen molar-refractivity contribution in [2.24, 2.45) is 0 Å². The summed E-state index contributed by atoms with van der Waals surface area (Å²) in [5.41, 5.74) is 0. The molecule has 0 aromatic heterocycles. The second kappa shape index (κ2) is 11.1. The number of hydrogen-bond donors (Lipinski definition) is 1. The van der Waals surface area contributed by atoms with Gasteiger partial charge in [-0.3, -0.25) is 9.59 Å². The van der Waals surface area contributed by atoms with E-state index < -0.39 is 18.0 Å². The average Bonchev–Trinajstić information content (AvgIpc) is 2.18. The number of aliphatic hydroxyl groups excluding tert-OH is 1. The van der Waals surface area contributed by atoms with E-state index in [1.165, 1.54) is 13.8 Å². The number of ether oxygens (including phenoxy) is 2. The van der Waals surface area contributed by atoms with Crippen molar-refractivity contribution in [1.29, 1.82) is 0 Å². The summed E-state index contributed by atoms with van der Waals surface area (Å²) in [4.78, 5) is 31.0. The van der Waals surface area contributed by atoms with Crippen molar-refractivity contribution >= 4 is 17.9 Å². The van der Waals surface area contributed by atoms with E-state index in [0.29, 0.717) is 13.0 Å². The van der Waals surface area contributed by atoms with Gasteiger partial charge < -0.3 is 14.6 Å². The van der Waals surface area contributed by atoms with Gasteiger partial charge in [0.2, 0.25) is 0 Å². The lowest BCUT2D eigenvalue weighted by Gasteiger charge is -2.02. The molecule has 6 nitrogen and oxygen atoms in total. The van der Waals surface area contributed by atoms with Gasteiger partial charge in [0, 0.05) is 13.3 Å². The van der Waals surface area contributed by atoms with Crippen LogP contribution in [0.15, 0.2) is 0 Å². The third-order valence-corrected chi connectivity index (χ3v) is 1.36. The molecule has 0 saturated carbocycles. The smallest absolute Gasteiger partial charge is 0.342 e. The Morgan fingerprint density at radius 3 is 2.00 bits per heavy atom. The molecule has 1 atom stereocenters. The summed E-state index contributed by atoms with van der Waals surface area (Å²) in [6.45, 7) is 6.70. The molecular weight excluding hydrogens is 228 g/mol. The predicted molar refractivity (Wildman–Crippen MR) is 60.0 cm³/mol. The van der Waals surface area contributed by atoms with E-state index in [1.54, 1.807) is 13.8 Å². The normalized spacial score (nSPS) is 10.6. The molecule has 0 aliphatic heterocycles. The van der Waals surface area contributed by atoms with Gasteiger partial charge in [0.05, 0.1) is 6.61 Å². The van der Waals surface area contributed by atoms with Gasteiger partial charge in [-0.25, -0.2) is 4.79 Å². The number of hydrogen-bond acceptors (Lipinski definition) is 6. The molecule has 0 aliphatic rings. The van der Waals surface area contributed by atoms with Crippen LogP contribution in [0, 0.1) is 0 Å². The Hall–Kier alpha value is -1.43. The summed E-state index contributed by atoms with van der Waals surface area (Å²) in [6.07, 6.45) is -0.388. The van der Waals surface area contributed by atoms with Crippen molar-refractivity contribution in [3.05, 3.63) is 0 Å². The molecule has 0 bridgehead atoms. The molecule has 0 spiro atoms. The van der Waals surface area contributed by atoms with Crippen molar-refractivity contribution in [2.75, 3.05) is 6.61 Å². The van der Waals surface area contributed by atoms with Gasteiger partial charge in [0.1, 0.15) is 6.10 Å². The van der Waals surface area contributed by atoms with Crippen molar-refractivity contribution in [1.82, 2.24) is 0 Å². The molecule has 0 heterocycles. The zero-order valence-corrected chi connectivity index (χ0v) is 10.7. The maximum atomic E-state index is 10.6. The minimum absolute atomic E-state index is 0.207. The van der Waals surface area contributed by atoms with Gasteiger partial charge in [0.25, 0.3) is 0 Å². The van der Waals surface area contributed by atoms with Crippen LogP contribution in [-0.2, 0) is 23.9 Å². The lowest BCUT2D eigenvalue weighted by Crippen LogP contribution is -2.22. The maximum absolute atomic E-state index is 10.6. The van der Waals surface area contributed by atoms with Crippen LogP contribution in [0.2, 0.25) is 0 Å². The topological polar surface area (TPSA) is 89.9 Å². The molecular formula is C11H20O6. The standard InChI is InChI=1S/C7H12O4.C4H8O2/c1-3-4-6(9)11-7(10)5(2)8;1-3-6-4(2)5/h5,8H,3-4H2,1-2H3;3H2,1-2H3. The van der Waals surface area contributed by atoms with Gasteiger partial charge >= 0.3 is 17.9 Å². The molecule has 0 aromatic rings. The minimum atomic E-state index is -1.23. The molecule has 0 fully saturated rings. The summed E-state index contributed by atoms with van der Waals surface area (Å²) < 4.78 is 8.63. The Balaban J connectivity index is 0. The van der Waals surface area contributed by atoms with Crippen molar-refractivity contribution < 1.29 is 29.0 Å². The second-order valence-corrected chi connectivity index (χ2v) is 3.14. The van der Waals surface area contributed by atoms with Crippen LogP contribution in [-0.4, -0.2) is 35.7 Å². The summed E-state index contributed by atoms with van der Waals surface area (Å²) in [6, 6.07) is 0. The van der Waals surface area contributed by atoms with Crippen molar-refractivity contribution in [3.63, 3.8) is 0 Å². The first kappa shape index (κ1) is 17.9. The Labute approximate surface area is 101 Å². The van der Waals surface area contributed by atoms with Crippen molar-refractivity contribution in [2.45, 2.75) is 46.6 Å². The second-order valence-electron chi connectivity index (χ2n) is 3.14. The highest BCUT2D eigenvalue weighted by Gasteiger charge is 2.14. The molecule has 100 valence electrons. The van der Waals surface area contributed by atoms with E-state index in [-0.39, 0.29) is 12.4 Å². The molecule has 1 N–H and O–H groups in total. The van der Waals surface area contributed by atoms with Crippen LogP contribution in [0.5, 0.6) is 0 Å². The first-order valence-corrected chi connectivity index (χ1v) is 5.41. The first-order chi connectivity index (χ1) is 7.84.